The van der Waals surface area contributed by atoms with Crippen molar-refractivity contribution in [1.82, 2.24) is 28.0 Å². The average molecular weight is 341 g/mol. The van der Waals surface area contributed by atoms with Crippen molar-refractivity contribution in [2.75, 3.05) is 84.6 Å². The summed E-state index contributed by atoms with van der Waals surface area (Å²) in [5.74, 6) is 0. The Kier molecular flexibility index (Phi) is 7.96. The fourth-order valence-electron chi connectivity index (χ4n) is 2.99. The molecule has 7 nitrogen and oxygen atoms in total. The van der Waals surface area contributed by atoms with Crippen molar-refractivity contribution in [1.29, 1.82) is 0 Å². The molecule has 0 aliphatic heterocycles. The van der Waals surface area contributed by atoms with Crippen LogP contribution >= 0.6 is 15.4 Å². The van der Waals surface area contributed by atoms with Crippen LogP contribution in [0.2, 0.25) is 0 Å². The standard InChI is InChI=1S/C12H37N7P2/c1-14(2)20(15(3)4,16(5)6)13-21(17(7)8,18(9)10)19(11)12/h20H,1-12H3. The zero-order valence-corrected chi connectivity index (χ0v) is 18.0. The topological polar surface area (TPSA) is 31.8 Å². The molecule has 0 aromatic carbocycles. The van der Waals surface area contributed by atoms with E-state index in [0.717, 1.165) is 0 Å². The van der Waals surface area contributed by atoms with Gasteiger partial charge in [0.15, 0.2) is 0 Å². The van der Waals surface area contributed by atoms with E-state index in [0.29, 0.717) is 0 Å². The minimum atomic E-state index is -2.30. The molecule has 0 amide bonds. The van der Waals surface area contributed by atoms with E-state index in [2.05, 4.69) is 113 Å². The first-order chi connectivity index (χ1) is 9.37. The van der Waals surface area contributed by atoms with E-state index in [-0.39, 0.29) is 0 Å². The Labute approximate surface area is 133 Å². The molecule has 0 aromatic heterocycles. The number of hydrogen-bond donors (Lipinski definition) is 0. The fraction of sp³-hybridized carbons (Fsp3) is 1.00. The van der Waals surface area contributed by atoms with Crippen LogP contribution in [0.15, 0.2) is 4.52 Å². The molecule has 0 saturated heterocycles. The van der Waals surface area contributed by atoms with Gasteiger partial charge in [-0.15, -0.1) is 0 Å². The molecule has 0 bridgehead atoms. The third-order valence-corrected chi connectivity index (χ3v) is 12.6. The molecule has 130 valence electrons. The molecule has 0 aliphatic rings. The Bertz CT molecular complexity index is 327. The summed E-state index contributed by atoms with van der Waals surface area (Å²) < 4.78 is 19.2. The third kappa shape index (κ3) is 3.85. The number of rotatable bonds is 7. The van der Waals surface area contributed by atoms with Crippen molar-refractivity contribution >= 4 is 15.4 Å². The van der Waals surface area contributed by atoms with E-state index in [1.165, 1.54) is 0 Å². The van der Waals surface area contributed by atoms with Crippen molar-refractivity contribution in [2.45, 2.75) is 0 Å². The van der Waals surface area contributed by atoms with Crippen molar-refractivity contribution in [2.24, 2.45) is 4.52 Å². The maximum atomic E-state index is 5.54. The third-order valence-electron chi connectivity index (χ3n) is 3.68. The molecular formula is C12H37N7P2. The predicted molar refractivity (Wildman–Crippen MR) is 99.8 cm³/mol. The van der Waals surface area contributed by atoms with Crippen LogP contribution in [0.3, 0.4) is 0 Å². The maximum absolute atomic E-state index is 5.54. The van der Waals surface area contributed by atoms with Crippen LogP contribution in [0.25, 0.3) is 0 Å². The van der Waals surface area contributed by atoms with E-state index in [9.17, 15) is 0 Å². The van der Waals surface area contributed by atoms with Crippen molar-refractivity contribution in [3.63, 3.8) is 0 Å². The van der Waals surface area contributed by atoms with Crippen LogP contribution in [0.5, 0.6) is 0 Å². The van der Waals surface area contributed by atoms with E-state index in [4.69, 9.17) is 4.52 Å². The van der Waals surface area contributed by atoms with Gasteiger partial charge in [-0.3, -0.25) is 0 Å². The van der Waals surface area contributed by atoms with Gasteiger partial charge in [0, 0.05) is 0 Å². The summed E-state index contributed by atoms with van der Waals surface area (Å²) in [6, 6.07) is 0. The summed E-state index contributed by atoms with van der Waals surface area (Å²) in [6.07, 6.45) is 0. The van der Waals surface area contributed by atoms with Crippen molar-refractivity contribution in [3.8, 4) is 0 Å². The van der Waals surface area contributed by atoms with Crippen molar-refractivity contribution < 1.29 is 0 Å². The molecule has 0 radical (unpaired) electrons. The summed E-state index contributed by atoms with van der Waals surface area (Å²) in [7, 11) is 21.3. The molecule has 0 saturated carbocycles. The van der Waals surface area contributed by atoms with Gasteiger partial charge < -0.3 is 0 Å². The summed E-state index contributed by atoms with van der Waals surface area (Å²) in [5.41, 5.74) is 0. The van der Waals surface area contributed by atoms with Crippen LogP contribution in [0.4, 0.5) is 0 Å². The summed E-state index contributed by atoms with van der Waals surface area (Å²) in [5, 5.41) is 0. The van der Waals surface area contributed by atoms with Crippen LogP contribution in [0, 0.1) is 0 Å². The Morgan fingerprint density at radius 2 is 0.762 bits per heavy atom. The Hall–Kier alpha value is 0.420. The molecule has 0 rings (SSSR count). The quantitative estimate of drug-likeness (QED) is 0.656. The predicted octanol–water partition coefficient (Wildman–Crippen LogP) is 1.71. The first-order valence-electron chi connectivity index (χ1n) is 7.06. The Morgan fingerprint density at radius 1 is 0.524 bits per heavy atom. The van der Waals surface area contributed by atoms with Gasteiger partial charge in [0.05, 0.1) is 0 Å². The molecule has 0 atom stereocenters. The SMILES string of the molecule is CN(C)P(=N[PH](N(C)C)(N(C)C)N(C)C)(N(C)C)N(C)C. The van der Waals surface area contributed by atoms with Gasteiger partial charge in [-0.1, -0.05) is 0 Å². The van der Waals surface area contributed by atoms with Gasteiger partial charge in [0.25, 0.3) is 0 Å². The molecule has 0 aliphatic carbocycles. The van der Waals surface area contributed by atoms with Gasteiger partial charge in [-0.05, 0) is 0 Å². The average Bonchev–Trinajstić information content (AvgIpc) is 2.26. The Balaban J connectivity index is 6.61. The monoisotopic (exact) mass is 341 g/mol. The van der Waals surface area contributed by atoms with Crippen LogP contribution < -0.4 is 0 Å². The molecule has 21 heavy (non-hydrogen) atoms. The van der Waals surface area contributed by atoms with Crippen molar-refractivity contribution in [3.05, 3.63) is 0 Å². The summed E-state index contributed by atoms with van der Waals surface area (Å²) in [4.78, 5) is 0. The number of nitrogens with zero attached hydrogens (tertiary/aromatic N) is 7. The van der Waals surface area contributed by atoms with Crippen LogP contribution in [0.1, 0.15) is 0 Å². The summed E-state index contributed by atoms with van der Waals surface area (Å²) >= 11 is 0. The molecule has 0 N–H and O–H groups in total. The molecule has 0 heterocycles. The molecule has 0 fully saturated rings. The molecular weight excluding hydrogens is 304 g/mol. The van der Waals surface area contributed by atoms with Crippen LogP contribution in [-0.2, 0) is 0 Å². The molecule has 9 heteroatoms. The van der Waals surface area contributed by atoms with E-state index < -0.39 is 15.4 Å². The molecule has 0 unspecified atom stereocenters. The zero-order chi connectivity index (χ0) is 17.2. The first kappa shape index (κ1) is 21.4. The van der Waals surface area contributed by atoms with Gasteiger partial charge in [0.2, 0.25) is 0 Å². The molecule has 0 aromatic rings. The second-order valence-corrected chi connectivity index (χ2v) is 14.6. The van der Waals surface area contributed by atoms with E-state index in [1.54, 1.807) is 0 Å². The summed E-state index contributed by atoms with van der Waals surface area (Å²) in [6.45, 7) is 0. The van der Waals surface area contributed by atoms with Gasteiger partial charge in [0.1, 0.15) is 0 Å². The fourth-order valence-corrected chi connectivity index (χ4v) is 13.3. The van der Waals surface area contributed by atoms with E-state index in [1.807, 2.05) is 0 Å². The molecule has 0 spiro atoms. The van der Waals surface area contributed by atoms with Crippen LogP contribution in [-0.4, -0.2) is 113 Å². The Morgan fingerprint density at radius 3 is 0.905 bits per heavy atom. The zero-order valence-electron chi connectivity index (χ0n) is 16.1. The first-order valence-corrected chi connectivity index (χ1v) is 10.4. The number of hydrogen-bond acceptors (Lipinski definition) is 4. The van der Waals surface area contributed by atoms with Gasteiger partial charge in [-0.25, -0.2) is 0 Å². The minimum absolute atomic E-state index is 1.93. The van der Waals surface area contributed by atoms with E-state index >= 15 is 0 Å². The second-order valence-electron chi connectivity index (χ2n) is 6.46. The second kappa shape index (κ2) is 7.80. The normalized spacial score (nSPS) is 15.1. The van der Waals surface area contributed by atoms with Gasteiger partial charge >= 0.3 is 132 Å². The van der Waals surface area contributed by atoms with Gasteiger partial charge in [-0.2, -0.15) is 0 Å².